The number of hydrogen-bond acceptors (Lipinski definition) is 6. The Bertz CT molecular complexity index is 1220. The van der Waals surface area contributed by atoms with Crippen molar-refractivity contribution in [2.75, 3.05) is 6.61 Å². The zero-order valence-corrected chi connectivity index (χ0v) is 16.3. The van der Waals surface area contributed by atoms with Crippen molar-refractivity contribution in [2.45, 2.75) is 18.5 Å². The number of aromatic amines is 1. The van der Waals surface area contributed by atoms with Crippen molar-refractivity contribution in [3.05, 3.63) is 67.6 Å². The van der Waals surface area contributed by atoms with E-state index < -0.39 is 23.3 Å². The van der Waals surface area contributed by atoms with Gasteiger partial charge in [0.2, 0.25) is 5.88 Å². The number of carboxylic acid groups (broad SMARTS) is 1. The Hall–Kier alpha value is -3.47. The monoisotopic (exact) mass is 453 g/mol. The predicted octanol–water partition coefficient (Wildman–Crippen LogP) is 4.57. The van der Waals surface area contributed by atoms with E-state index in [9.17, 15) is 33.0 Å². The molecule has 4 rings (SSSR count). The Balaban J connectivity index is 1.67. The molecule has 1 aliphatic heterocycles. The van der Waals surface area contributed by atoms with Crippen molar-refractivity contribution in [2.24, 2.45) is 0 Å². The summed E-state index contributed by atoms with van der Waals surface area (Å²) in [6, 6.07) is 6.84. The molecule has 162 valence electrons. The van der Waals surface area contributed by atoms with Crippen molar-refractivity contribution < 1.29 is 37.7 Å². The van der Waals surface area contributed by atoms with Crippen molar-refractivity contribution in [1.82, 2.24) is 4.98 Å². The lowest BCUT2D eigenvalue weighted by molar-refractivity contribution is -0.137. The molecule has 7 nitrogen and oxygen atoms in total. The van der Waals surface area contributed by atoms with Crippen molar-refractivity contribution in [1.29, 1.82) is 0 Å². The lowest BCUT2D eigenvalue weighted by atomic mass is 9.92. The smallest absolute Gasteiger partial charge is 0.416 e. The van der Waals surface area contributed by atoms with Crippen LogP contribution in [0.5, 0.6) is 23.1 Å². The zero-order valence-electron chi connectivity index (χ0n) is 15.5. The van der Waals surface area contributed by atoms with Gasteiger partial charge in [-0.15, -0.1) is 0 Å². The van der Waals surface area contributed by atoms with Gasteiger partial charge < -0.3 is 19.7 Å². The van der Waals surface area contributed by atoms with Crippen molar-refractivity contribution in [3.63, 3.8) is 0 Å². The number of fused-ring (bicyclic) bond motifs is 1. The summed E-state index contributed by atoms with van der Waals surface area (Å²) in [6.45, 7) is 0.299. The summed E-state index contributed by atoms with van der Waals surface area (Å²) in [5, 5.41) is 19.3. The third kappa shape index (κ3) is 4.08. The summed E-state index contributed by atoms with van der Waals surface area (Å²) in [5.74, 6) is -1.75. The van der Waals surface area contributed by atoms with E-state index in [2.05, 4.69) is 4.98 Å². The molecule has 0 unspecified atom stereocenters. The second kappa shape index (κ2) is 7.65. The van der Waals surface area contributed by atoms with E-state index in [4.69, 9.17) is 9.47 Å². The Labute approximate surface area is 176 Å². The van der Waals surface area contributed by atoms with E-state index in [1.165, 1.54) is 12.1 Å². The molecule has 0 saturated carbocycles. The maximum absolute atomic E-state index is 12.9. The van der Waals surface area contributed by atoms with Crippen molar-refractivity contribution in [3.8, 4) is 23.1 Å². The minimum atomic E-state index is -4.69. The van der Waals surface area contributed by atoms with Crippen LogP contribution in [0, 0.1) is 0 Å². The molecular weight excluding hydrogens is 439 g/mol. The molecule has 0 spiro atoms. The van der Waals surface area contributed by atoms with Gasteiger partial charge in [-0.3, -0.25) is 9.78 Å². The first-order valence-electron chi connectivity index (χ1n) is 8.94. The summed E-state index contributed by atoms with van der Waals surface area (Å²) < 4.78 is 49.9. The Kier molecular flexibility index (Phi) is 5.13. The summed E-state index contributed by atoms with van der Waals surface area (Å²) >= 11 is 0.895. The van der Waals surface area contributed by atoms with Crippen LogP contribution in [-0.2, 0) is 6.18 Å². The molecular formula is C20H14F3NO6S. The van der Waals surface area contributed by atoms with E-state index in [1.54, 1.807) is 6.07 Å². The van der Waals surface area contributed by atoms with Gasteiger partial charge in [0.15, 0.2) is 0 Å². The van der Waals surface area contributed by atoms with Crippen LogP contribution in [0.15, 0.2) is 41.2 Å². The summed E-state index contributed by atoms with van der Waals surface area (Å²) in [4.78, 5) is 25.4. The molecule has 31 heavy (non-hydrogen) atoms. The molecule has 1 atom stereocenters. The molecule has 2 aromatic carbocycles. The molecule has 1 aromatic heterocycles. The Morgan fingerprint density at radius 3 is 2.65 bits per heavy atom. The van der Waals surface area contributed by atoms with Gasteiger partial charge in [-0.2, -0.15) is 13.2 Å². The largest absolute Gasteiger partial charge is 0.494 e. The molecule has 0 fully saturated rings. The average molecular weight is 453 g/mol. The lowest BCUT2D eigenvalue weighted by Gasteiger charge is -2.25. The third-order valence-electron chi connectivity index (χ3n) is 4.76. The van der Waals surface area contributed by atoms with E-state index in [0.29, 0.717) is 35.3 Å². The number of carbonyl (C=O) groups is 1. The van der Waals surface area contributed by atoms with Gasteiger partial charge in [0.25, 0.3) is 0 Å². The number of aromatic nitrogens is 1. The molecule has 3 N–H and O–H groups in total. The van der Waals surface area contributed by atoms with Crippen LogP contribution in [0.2, 0.25) is 0 Å². The first kappa shape index (κ1) is 20.8. The van der Waals surface area contributed by atoms with Crippen LogP contribution in [0.3, 0.4) is 0 Å². The van der Waals surface area contributed by atoms with Crippen LogP contribution in [-0.4, -0.2) is 27.8 Å². The molecule has 0 bridgehead atoms. The van der Waals surface area contributed by atoms with Crippen LogP contribution >= 0.6 is 11.3 Å². The topological polar surface area (TPSA) is 109 Å². The number of ether oxygens (including phenoxy) is 2. The van der Waals surface area contributed by atoms with Gasteiger partial charge in [0, 0.05) is 17.5 Å². The zero-order chi connectivity index (χ0) is 22.3. The normalized spacial score (nSPS) is 15.8. The predicted molar refractivity (Wildman–Crippen MR) is 103 cm³/mol. The first-order valence-corrected chi connectivity index (χ1v) is 9.76. The molecule has 0 radical (unpaired) electrons. The first-order chi connectivity index (χ1) is 14.6. The fourth-order valence-electron chi connectivity index (χ4n) is 3.36. The van der Waals surface area contributed by atoms with E-state index in [-0.39, 0.29) is 28.2 Å². The highest BCUT2D eigenvalue weighted by atomic mass is 32.1. The number of alkyl halides is 3. The minimum absolute atomic E-state index is 0.160. The van der Waals surface area contributed by atoms with Crippen molar-refractivity contribution >= 4 is 17.3 Å². The number of thiazole rings is 1. The van der Waals surface area contributed by atoms with E-state index >= 15 is 0 Å². The summed E-state index contributed by atoms with van der Waals surface area (Å²) in [5.41, 5.74) is -1.04. The average Bonchev–Trinajstić information content (AvgIpc) is 3.04. The van der Waals surface area contributed by atoms with E-state index in [1.807, 2.05) is 0 Å². The number of aromatic carboxylic acids is 1. The highest BCUT2D eigenvalue weighted by molar-refractivity contribution is 7.09. The van der Waals surface area contributed by atoms with Gasteiger partial charge in [0.1, 0.15) is 22.8 Å². The van der Waals surface area contributed by atoms with Crippen LogP contribution in [0.1, 0.15) is 38.7 Å². The number of aromatic hydroxyl groups is 1. The molecule has 0 saturated heterocycles. The van der Waals surface area contributed by atoms with E-state index in [0.717, 1.165) is 23.5 Å². The second-order valence-corrected chi connectivity index (χ2v) is 7.75. The van der Waals surface area contributed by atoms with Crippen LogP contribution in [0.4, 0.5) is 13.2 Å². The fourth-order valence-corrected chi connectivity index (χ4v) is 4.25. The fraction of sp³-hybridized carbons (Fsp3) is 0.200. The standard InChI is InChI=1S/C20H14F3NO6S/c21-20(22,23)9-1-4-14(13(7-9)18(26)27)30-10-2-3-11-12(5-6-29-15(11)8-10)16-17(25)24-19(28)31-16/h1-4,7-8,12,25H,5-6H2,(H,24,28)(H,26,27)/t12-/m1/s1. The second-order valence-electron chi connectivity index (χ2n) is 6.73. The Morgan fingerprint density at radius 1 is 1.23 bits per heavy atom. The molecule has 0 aliphatic carbocycles. The highest BCUT2D eigenvalue weighted by Gasteiger charge is 2.32. The number of H-pyrrole nitrogens is 1. The number of rotatable bonds is 4. The summed E-state index contributed by atoms with van der Waals surface area (Å²) in [7, 11) is 0. The quantitative estimate of drug-likeness (QED) is 0.534. The maximum Gasteiger partial charge on any atom is 0.416 e. The number of carboxylic acids is 1. The van der Waals surface area contributed by atoms with Gasteiger partial charge in [-0.05, 0) is 30.7 Å². The van der Waals surface area contributed by atoms with Gasteiger partial charge in [0.05, 0.1) is 17.0 Å². The maximum atomic E-state index is 12.9. The molecule has 1 aliphatic rings. The summed E-state index contributed by atoms with van der Waals surface area (Å²) in [6.07, 6.45) is -4.16. The van der Waals surface area contributed by atoms with Gasteiger partial charge >= 0.3 is 17.0 Å². The van der Waals surface area contributed by atoms with Gasteiger partial charge in [-0.1, -0.05) is 17.4 Å². The molecule has 0 amide bonds. The number of halogens is 3. The number of hydrogen-bond donors (Lipinski definition) is 3. The number of benzene rings is 2. The molecule has 3 aromatic rings. The molecule has 2 heterocycles. The lowest BCUT2D eigenvalue weighted by Crippen LogP contribution is -2.14. The minimum Gasteiger partial charge on any atom is -0.494 e. The van der Waals surface area contributed by atoms with Gasteiger partial charge in [-0.25, -0.2) is 4.79 Å². The van der Waals surface area contributed by atoms with Crippen LogP contribution < -0.4 is 14.3 Å². The SMILES string of the molecule is O=C(O)c1cc(C(F)(F)F)ccc1Oc1ccc2c(c1)OCC[C@H]2c1sc(=O)[nH]c1O. The third-order valence-corrected chi connectivity index (χ3v) is 5.75. The molecule has 11 heteroatoms. The Morgan fingerprint density at radius 2 is 2.00 bits per heavy atom. The number of nitrogens with one attached hydrogen (secondary N) is 1. The highest BCUT2D eigenvalue weighted by Crippen LogP contribution is 2.44. The van der Waals surface area contributed by atoms with Crippen LogP contribution in [0.25, 0.3) is 0 Å².